The summed E-state index contributed by atoms with van der Waals surface area (Å²) in [4.78, 5) is 13.4. The quantitative estimate of drug-likeness (QED) is 0.0204. The van der Waals surface area contributed by atoms with E-state index in [0.29, 0.717) is 6.42 Å². The molecule has 1 amide bonds. The van der Waals surface area contributed by atoms with Gasteiger partial charge in [0.1, 0.15) is 48.8 Å². The number of ether oxygens (including phenoxy) is 4. The Morgan fingerprint density at radius 2 is 0.629 bits per heavy atom. The average molecular weight is 1490 g/mol. The van der Waals surface area contributed by atoms with Crippen LogP contribution in [0, 0.1) is 0 Å². The van der Waals surface area contributed by atoms with E-state index in [4.69, 9.17) is 18.9 Å². The van der Waals surface area contributed by atoms with Crippen LogP contribution < -0.4 is 5.32 Å². The van der Waals surface area contributed by atoms with Gasteiger partial charge < -0.3 is 65.1 Å². The molecule has 0 aromatic heterocycles. The summed E-state index contributed by atoms with van der Waals surface area (Å²) in [5, 5.41) is 87.9. The van der Waals surface area contributed by atoms with Crippen LogP contribution in [-0.2, 0) is 23.7 Å². The lowest BCUT2D eigenvalue weighted by Crippen LogP contribution is -2.65. The number of unbranched alkanes of at least 4 members (excludes halogenated alkanes) is 62. The largest absolute Gasteiger partial charge is 0.394 e. The fourth-order valence-electron chi connectivity index (χ4n) is 15.4. The lowest BCUT2D eigenvalue weighted by molar-refractivity contribution is -0.359. The number of carbonyl (C=O) groups is 1. The standard InChI is InChI=1S/C91H173NO13/c1-3-5-7-9-11-13-15-17-19-21-23-25-27-29-31-33-35-36-37-38-39-40-41-42-43-44-45-47-49-51-53-55-57-59-61-63-65-67-69-71-73-75-83(96)92-79(78-102-90-88(101)86(99)89(82(77-94)104-90)105-91-87(100)85(98)84(97)81(76-93)103-91)80(95)74-72-70-68-66-64-62-60-58-56-54-52-50-48-46-34-32-30-28-26-24-22-20-18-16-14-12-10-8-6-4-2/h15,17,21,23,72,74,79-82,84-91,93-95,97-101H,3-14,16,18-20,22,24-71,73,75-78H2,1-2H3,(H,92,96)/b17-15-,23-21-,74-72+. The van der Waals surface area contributed by atoms with Crippen molar-refractivity contribution in [3.8, 4) is 0 Å². The van der Waals surface area contributed by atoms with E-state index < -0.39 is 86.8 Å². The van der Waals surface area contributed by atoms with Crippen LogP contribution in [0.25, 0.3) is 0 Å². The molecule has 2 fully saturated rings. The van der Waals surface area contributed by atoms with Gasteiger partial charge in [0.25, 0.3) is 0 Å². The molecule has 0 aromatic rings. The van der Waals surface area contributed by atoms with Crippen molar-refractivity contribution in [3.05, 3.63) is 36.5 Å². The molecule has 14 heteroatoms. The molecule has 2 heterocycles. The van der Waals surface area contributed by atoms with Crippen molar-refractivity contribution in [1.82, 2.24) is 5.32 Å². The lowest BCUT2D eigenvalue weighted by Gasteiger charge is -2.46. The monoisotopic (exact) mass is 1490 g/mol. The first-order valence-corrected chi connectivity index (χ1v) is 45.7. The summed E-state index contributed by atoms with van der Waals surface area (Å²) < 4.78 is 23.0. The highest BCUT2D eigenvalue weighted by Gasteiger charge is 2.51. The molecule has 620 valence electrons. The third-order valence-electron chi connectivity index (χ3n) is 22.6. The second-order valence-electron chi connectivity index (χ2n) is 32.4. The second-order valence-corrected chi connectivity index (χ2v) is 32.4. The fourth-order valence-corrected chi connectivity index (χ4v) is 15.4. The Balaban J connectivity index is 1.54. The smallest absolute Gasteiger partial charge is 0.220 e. The van der Waals surface area contributed by atoms with Crippen LogP contribution in [-0.4, -0.2) is 140 Å². The highest BCUT2D eigenvalue weighted by atomic mass is 16.7. The molecule has 9 N–H and O–H groups in total. The van der Waals surface area contributed by atoms with E-state index in [1.165, 1.54) is 372 Å². The molecule has 0 saturated carbocycles. The number of rotatable bonds is 79. The van der Waals surface area contributed by atoms with Gasteiger partial charge >= 0.3 is 0 Å². The molecule has 14 nitrogen and oxygen atoms in total. The number of amides is 1. The Bertz CT molecular complexity index is 1900. The zero-order valence-corrected chi connectivity index (χ0v) is 68.5. The van der Waals surface area contributed by atoms with Crippen LogP contribution in [0.1, 0.15) is 444 Å². The summed E-state index contributed by atoms with van der Waals surface area (Å²) >= 11 is 0. The molecule has 105 heavy (non-hydrogen) atoms. The number of hydrogen-bond donors (Lipinski definition) is 9. The van der Waals surface area contributed by atoms with Gasteiger partial charge in [-0.15, -0.1) is 0 Å². The number of hydrogen-bond acceptors (Lipinski definition) is 13. The summed E-state index contributed by atoms with van der Waals surface area (Å²) in [6.45, 7) is 2.87. The molecule has 0 bridgehead atoms. The van der Waals surface area contributed by atoms with Crippen molar-refractivity contribution in [2.24, 2.45) is 0 Å². The molecule has 0 radical (unpaired) electrons. The van der Waals surface area contributed by atoms with E-state index in [2.05, 4.69) is 43.5 Å². The molecule has 12 unspecified atom stereocenters. The van der Waals surface area contributed by atoms with Gasteiger partial charge in [-0.3, -0.25) is 4.79 Å². The van der Waals surface area contributed by atoms with Crippen LogP contribution in [0.4, 0.5) is 0 Å². The molecule has 0 spiro atoms. The fraction of sp³-hybridized carbons (Fsp3) is 0.923. The Hall–Kier alpha value is -1.79. The van der Waals surface area contributed by atoms with Crippen LogP contribution in [0.15, 0.2) is 36.5 Å². The van der Waals surface area contributed by atoms with Gasteiger partial charge in [0, 0.05) is 6.42 Å². The molecule has 2 aliphatic heterocycles. The Labute approximate surface area is 646 Å². The van der Waals surface area contributed by atoms with Gasteiger partial charge in [0.05, 0.1) is 32.0 Å². The van der Waals surface area contributed by atoms with E-state index >= 15 is 0 Å². The SMILES string of the molecule is CCCCCCC/C=C\C/C=C\CCCCCCCCCCCCCCCCCCCCCCCCCCCCCCCC(=O)NC(COC1OC(CO)C(OC2OC(CO)C(O)C(O)C2O)C(O)C1O)C(O)/C=C/CCCCCCCCCCCCCCCCCCCCCCCCCCCCCC. The Morgan fingerprint density at radius 3 is 0.952 bits per heavy atom. The molecular weight excluding hydrogens is 1310 g/mol. The maximum Gasteiger partial charge on any atom is 0.220 e. The van der Waals surface area contributed by atoms with Crippen molar-refractivity contribution < 1.29 is 64.6 Å². The van der Waals surface area contributed by atoms with E-state index in [1.807, 2.05) is 6.08 Å². The van der Waals surface area contributed by atoms with Gasteiger partial charge in [0.2, 0.25) is 5.91 Å². The van der Waals surface area contributed by atoms with E-state index in [0.717, 1.165) is 44.9 Å². The minimum absolute atomic E-state index is 0.229. The van der Waals surface area contributed by atoms with Gasteiger partial charge in [-0.05, 0) is 51.4 Å². The lowest BCUT2D eigenvalue weighted by atomic mass is 9.97. The Morgan fingerprint density at radius 1 is 0.343 bits per heavy atom. The van der Waals surface area contributed by atoms with E-state index in [9.17, 15) is 45.6 Å². The minimum atomic E-state index is -1.79. The molecule has 2 aliphatic rings. The number of aliphatic hydroxyl groups is 8. The predicted octanol–water partition coefficient (Wildman–Crippen LogP) is 22.3. The van der Waals surface area contributed by atoms with Crippen molar-refractivity contribution in [1.29, 1.82) is 0 Å². The molecule has 2 saturated heterocycles. The molecule has 0 aromatic carbocycles. The summed E-state index contributed by atoms with van der Waals surface area (Å²) in [6, 6.07) is -0.915. The first-order chi connectivity index (χ1) is 51.6. The third-order valence-corrected chi connectivity index (χ3v) is 22.6. The Kier molecular flexibility index (Phi) is 70.8. The maximum atomic E-state index is 13.4. The number of nitrogens with one attached hydrogen (secondary N) is 1. The van der Waals surface area contributed by atoms with Gasteiger partial charge in [-0.2, -0.15) is 0 Å². The summed E-state index contributed by atoms with van der Waals surface area (Å²) in [5.74, 6) is -0.229. The molecule has 2 rings (SSSR count). The van der Waals surface area contributed by atoms with E-state index in [-0.39, 0.29) is 18.9 Å². The zero-order valence-electron chi connectivity index (χ0n) is 68.5. The second kappa shape index (κ2) is 74.9. The van der Waals surface area contributed by atoms with Gasteiger partial charge in [-0.1, -0.05) is 423 Å². The highest BCUT2D eigenvalue weighted by Crippen LogP contribution is 2.31. The van der Waals surface area contributed by atoms with Crippen LogP contribution >= 0.6 is 0 Å². The number of aliphatic hydroxyl groups excluding tert-OH is 8. The van der Waals surface area contributed by atoms with Gasteiger partial charge in [-0.25, -0.2) is 0 Å². The summed E-state index contributed by atoms with van der Waals surface area (Å²) in [6.07, 6.45) is 84.2. The number of carbonyl (C=O) groups excluding carboxylic acids is 1. The normalized spacial score (nSPS) is 21.5. The zero-order chi connectivity index (χ0) is 75.8. The maximum absolute atomic E-state index is 13.4. The highest BCUT2D eigenvalue weighted by molar-refractivity contribution is 5.76. The molecule has 12 atom stereocenters. The van der Waals surface area contributed by atoms with Crippen LogP contribution in [0.5, 0.6) is 0 Å². The molecule has 0 aliphatic carbocycles. The summed E-state index contributed by atoms with van der Waals surface area (Å²) in [5.41, 5.74) is 0. The number of allylic oxidation sites excluding steroid dienone is 5. The van der Waals surface area contributed by atoms with Crippen LogP contribution in [0.3, 0.4) is 0 Å². The topological polar surface area (TPSA) is 228 Å². The molecular formula is C91H173NO13. The van der Waals surface area contributed by atoms with Crippen molar-refractivity contribution >= 4 is 5.91 Å². The van der Waals surface area contributed by atoms with Gasteiger partial charge in [0.15, 0.2) is 12.6 Å². The predicted molar refractivity (Wildman–Crippen MR) is 438 cm³/mol. The van der Waals surface area contributed by atoms with Crippen LogP contribution in [0.2, 0.25) is 0 Å². The van der Waals surface area contributed by atoms with Crippen molar-refractivity contribution in [2.75, 3.05) is 19.8 Å². The first-order valence-electron chi connectivity index (χ1n) is 45.7. The third kappa shape index (κ3) is 57.0. The van der Waals surface area contributed by atoms with Crippen molar-refractivity contribution in [2.45, 2.75) is 518 Å². The summed E-state index contributed by atoms with van der Waals surface area (Å²) in [7, 11) is 0. The van der Waals surface area contributed by atoms with E-state index in [1.54, 1.807) is 6.08 Å². The van der Waals surface area contributed by atoms with Crippen molar-refractivity contribution in [3.63, 3.8) is 0 Å². The average Bonchev–Trinajstić information content (AvgIpc) is 0.769. The minimum Gasteiger partial charge on any atom is -0.394 e. The first kappa shape index (κ1) is 99.3.